The summed E-state index contributed by atoms with van der Waals surface area (Å²) in [5, 5.41) is 9.38. The van der Waals surface area contributed by atoms with E-state index in [2.05, 4.69) is 29.0 Å². The second-order valence-corrected chi connectivity index (χ2v) is 9.13. The Balaban J connectivity index is 1.58. The Labute approximate surface area is 157 Å². The van der Waals surface area contributed by atoms with Gasteiger partial charge in [0, 0.05) is 24.2 Å². The Bertz CT molecular complexity index is 1050. The van der Waals surface area contributed by atoms with Gasteiger partial charge in [0.15, 0.2) is 5.82 Å². The van der Waals surface area contributed by atoms with E-state index in [1.807, 2.05) is 17.7 Å². The fourth-order valence-electron chi connectivity index (χ4n) is 3.78. The first-order chi connectivity index (χ1) is 12.7. The van der Waals surface area contributed by atoms with Gasteiger partial charge in [0.2, 0.25) is 15.9 Å². The van der Waals surface area contributed by atoms with Crippen molar-refractivity contribution in [2.24, 2.45) is 10.6 Å². The van der Waals surface area contributed by atoms with Crippen LogP contribution in [0.1, 0.15) is 55.9 Å². The minimum absolute atomic E-state index is 0.0531. The van der Waals surface area contributed by atoms with Crippen molar-refractivity contribution in [1.82, 2.24) is 19.7 Å². The van der Waals surface area contributed by atoms with Crippen LogP contribution in [0.4, 0.5) is 0 Å². The van der Waals surface area contributed by atoms with Crippen LogP contribution in [-0.2, 0) is 10.0 Å². The highest BCUT2D eigenvalue weighted by Crippen LogP contribution is 2.69. The standard InChI is InChI=1S/C18H21N5O3S/c1-11(23-9-8-20-10-23)17-21-16(22-26-17)15-14(18(15,2)3)12-4-6-13(7-5-12)27(19,24)25/h4-11,14-15H,1-3H3,(H2,19,24,25)/t11?,14-,15+/m0/s1. The number of benzene rings is 1. The van der Waals surface area contributed by atoms with Crippen molar-refractivity contribution < 1.29 is 12.9 Å². The molecule has 1 unspecified atom stereocenters. The van der Waals surface area contributed by atoms with Crippen molar-refractivity contribution >= 4 is 10.0 Å². The van der Waals surface area contributed by atoms with E-state index in [0.717, 1.165) is 5.56 Å². The van der Waals surface area contributed by atoms with Crippen LogP contribution in [-0.4, -0.2) is 28.1 Å². The number of hydrogen-bond donors (Lipinski definition) is 1. The average molecular weight is 387 g/mol. The molecule has 0 aliphatic heterocycles. The van der Waals surface area contributed by atoms with Crippen molar-refractivity contribution in [2.45, 2.75) is 43.5 Å². The highest BCUT2D eigenvalue weighted by Gasteiger charge is 2.61. The average Bonchev–Trinajstić information content (AvgIpc) is 3.08. The van der Waals surface area contributed by atoms with Gasteiger partial charge >= 0.3 is 0 Å². The fourth-order valence-corrected chi connectivity index (χ4v) is 4.29. The van der Waals surface area contributed by atoms with E-state index in [1.165, 1.54) is 0 Å². The molecule has 1 aromatic carbocycles. The molecule has 1 aliphatic carbocycles. The summed E-state index contributed by atoms with van der Waals surface area (Å²) < 4.78 is 30.3. The van der Waals surface area contributed by atoms with Crippen LogP contribution in [0.25, 0.3) is 0 Å². The fraction of sp³-hybridized carbons (Fsp3) is 0.389. The van der Waals surface area contributed by atoms with Gasteiger partial charge in [0.05, 0.1) is 11.2 Å². The molecule has 1 aliphatic rings. The van der Waals surface area contributed by atoms with Gasteiger partial charge < -0.3 is 9.09 Å². The lowest BCUT2D eigenvalue weighted by Crippen LogP contribution is -2.11. The zero-order valence-corrected chi connectivity index (χ0v) is 16.1. The summed E-state index contributed by atoms with van der Waals surface area (Å²) in [6.07, 6.45) is 5.27. The Hall–Kier alpha value is -2.52. The third-order valence-electron chi connectivity index (χ3n) is 5.46. The Morgan fingerprint density at radius 2 is 1.93 bits per heavy atom. The molecule has 9 heteroatoms. The summed E-state index contributed by atoms with van der Waals surface area (Å²) in [4.78, 5) is 8.77. The number of aromatic nitrogens is 4. The van der Waals surface area contributed by atoms with Crippen LogP contribution in [0.3, 0.4) is 0 Å². The van der Waals surface area contributed by atoms with E-state index in [1.54, 1.807) is 36.8 Å². The van der Waals surface area contributed by atoms with E-state index in [0.29, 0.717) is 11.7 Å². The lowest BCUT2D eigenvalue weighted by Gasteiger charge is -2.06. The van der Waals surface area contributed by atoms with Crippen LogP contribution in [0.5, 0.6) is 0 Å². The largest absolute Gasteiger partial charge is 0.337 e. The smallest absolute Gasteiger partial charge is 0.249 e. The molecule has 3 atom stereocenters. The minimum Gasteiger partial charge on any atom is -0.337 e. The molecule has 0 bridgehead atoms. The lowest BCUT2D eigenvalue weighted by atomic mass is 10.0. The summed E-state index contributed by atoms with van der Waals surface area (Å²) in [6, 6.07) is 6.60. The molecule has 2 heterocycles. The SMILES string of the molecule is CC(c1nc([C@H]2[C@H](c3ccc(S(N)(=O)=O)cc3)C2(C)C)no1)n1ccnc1. The van der Waals surface area contributed by atoms with Gasteiger partial charge in [-0.1, -0.05) is 31.1 Å². The first-order valence-corrected chi connectivity index (χ1v) is 10.2. The van der Waals surface area contributed by atoms with Crippen LogP contribution in [0.15, 0.2) is 52.4 Å². The molecule has 27 heavy (non-hydrogen) atoms. The molecule has 0 radical (unpaired) electrons. The highest BCUT2D eigenvalue weighted by molar-refractivity contribution is 7.89. The normalized spacial score (nSPS) is 22.5. The van der Waals surface area contributed by atoms with Crippen molar-refractivity contribution in [3.05, 3.63) is 60.3 Å². The number of hydrogen-bond acceptors (Lipinski definition) is 6. The second kappa shape index (κ2) is 6.00. The predicted molar refractivity (Wildman–Crippen MR) is 97.4 cm³/mol. The predicted octanol–water partition coefficient (Wildman–Crippen LogP) is 2.43. The number of imidazole rings is 1. The Kier molecular flexibility index (Phi) is 3.97. The molecule has 142 valence electrons. The van der Waals surface area contributed by atoms with Crippen molar-refractivity contribution in [2.75, 3.05) is 0 Å². The summed E-state index contributed by atoms with van der Waals surface area (Å²) in [5.41, 5.74) is 0.981. The third kappa shape index (κ3) is 3.06. The zero-order chi connectivity index (χ0) is 19.4. The number of nitrogens with two attached hydrogens (primary N) is 1. The molecular formula is C18H21N5O3S. The molecule has 1 fully saturated rings. The van der Waals surface area contributed by atoms with E-state index in [-0.39, 0.29) is 28.2 Å². The lowest BCUT2D eigenvalue weighted by molar-refractivity contribution is 0.341. The van der Waals surface area contributed by atoms with Gasteiger partial charge in [0.25, 0.3) is 0 Å². The van der Waals surface area contributed by atoms with Crippen molar-refractivity contribution in [1.29, 1.82) is 0 Å². The van der Waals surface area contributed by atoms with E-state index < -0.39 is 10.0 Å². The summed E-state index contributed by atoms with van der Waals surface area (Å²) >= 11 is 0. The monoisotopic (exact) mass is 387 g/mol. The zero-order valence-electron chi connectivity index (χ0n) is 15.3. The molecule has 8 nitrogen and oxygen atoms in total. The molecule has 0 saturated heterocycles. The quantitative estimate of drug-likeness (QED) is 0.718. The first-order valence-electron chi connectivity index (χ1n) is 8.63. The molecule has 2 aromatic heterocycles. The van der Waals surface area contributed by atoms with E-state index in [9.17, 15) is 8.42 Å². The van der Waals surface area contributed by atoms with Gasteiger partial charge in [-0.05, 0) is 30.0 Å². The summed E-state index contributed by atoms with van der Waals surface area (Å²) in [5.74, 6) is 1.49. The van der Waals surface area contributed by atoms with Gasteiger partial charge in [-0.3, -0.25) is 0 Å². The number of nitrogens with zero attached hydrogens (tertiary/aromatic N) is 4. The molecule has 3 aromatic rings. The first kappa shape index (κ1) is 17.9. The van der Waals surface area contributed by atoms with Gasteiger partial charge in [0.1, 0.15) is 6.04 Å². The number of primary sulfonamides is 1. The van der Waals surface area contributed by atoms with E-state index >= 15 is 0 Å². The summed E-state index contributed by atoms with van der Waals surface area (Å²) in [6.45, 7) is 6.26. The van der Waals surface area contributed by atoms with Crippen molar-refractivity contribution in [3.8, 4) is 0 Å². The van der Waals surface area contributed by atoms with Crippen molar-refractivity contribution in [3.63, 3.8) is 0 Å². The maximum atomic E-state index is 11.4. The molecular weight excluding hydrogens is 366 g/mol. The molecule has 0 spiro atoms. The van der Waals surface area contributed by atoms with Gasteiger partial charge in [-0.15, -0.1) is 0 Å². The molecule has 0 amide bonds. The van der Waals surface area contributed by atoms with Crippen LogP contribution in [0.2, 0.25) is 0 Å². The van der Waals surface area contributed by atoms with Crippen LogP contribution < -0.4 is 5.14 Å². The number of rotatable bonds is 5. The number of sulfonamides is 1. The van der Waals surface area contributed by atoms with Gasteiger partial charge in [-0.25, -0.2) is 18.5 Å². The third-order valence-corrected chi connectivity index (χ3v) is 6.39. The highest BCUT2D eigenvalue weighted by atomic mass is 32.2. The molecule has 4 rings (SSSR count). The van der Waals surface area contributed by atoms with Crippen LogP contribution in [0, 0.1) is 5.41 Å². The van der Waals surface area contributed by atoms with Gasteiger partial charge in [-0.2, -0.15) is 4.98 Å². The Morgan fingerprint density at radius 3 is 2.52 bits per heavy atom. The summed E-state index contributed by atoms with van der Waals surface area (Å²) in [7, 11) is -3.69. The maximum absolute atomic E-state index is 11.4. The minimum atomic E-state index is -3.69. The van der Waals surface area contributed by atoms with Crippen LogP contribution >= 0.6 is 0 Å². The van der Waals surface area contributed by atoms with E-state index in [4.69, 9.17) is 9.66 Å². The second-order valence-electron chi connectivity index (χ2n) is 7.57. The Morgan fingerprint density at radius 1 is 1.22 bits per heavy atom. The molecule has 1 saturated carbocycles. The molecule has 2 N–H and O–H groups in total. The maximum Gasteiger partial charge on any atom is 0.249 e. The topological polar surface area (TPSA) is 117 Å².